The minimum Gasteiger partial charge on any atom is -0.369 e. The van der Waals surface area contributed by atoms with Crippen LogP contribution in [0.5, 0.6) is 0 Å². The monoisotopic (exact) mass is 497 g/mol. The highest BCUT2D eigenvalue weighted by Gasteiger charge is 2.53. The van der Waals surface area contributed by atoms with Gasteiger partial charge in [0.2, 0.25) is 5.91 Å². The molecule has 0 aliphatic carbocycles. The van der Waals surface area contributed by atoms with Crippen LogP contribution in [0.4, 0.5) is 5.69 Å². The highest BCUT2D eigenvalue weighted by Crippen LogP contribution is 2.31. The Labute approximate surface area is 211 Å². The lowest BCUT2D eigenvalue weighted by Crippen LogP contribution is -2.53. The van der Waals surface area contributed by atoms with Crippen molar-refractivity contribution >= 4 is 23.3 Å². The van der Waals surface area contributed by atoms with Gasteiger partial charge in [0.05, 0.1) is 12.1 Å². The van der Waals surface area contributed by atoms with E-state index in [0.29, 0.717) is 12.0 Å². The number of carbonyl (C=O) groups is 3. The fraction of sp³-hybridized carbons (Fsp3) is 0.640. The Bertz CT molecular complexity index is 1040. The number of rotatable bonds is 6. The lowest BCUT2D eigenvalue weighted by atomic mass is 9.87. The first-order chi connectivity index (χ1) is 17.1. The molecule has 0 aromatic heterocycles. The van der Waals surface area contributed by atoms with Crippen LogP contribution in [-0.4, -0.2) is 98.0 Å². The topological polar surface area (TPSA) is 131 Å². The number of nitrogens with zero attached hydrogens (tertiary/aromatic N) is 6. The van der Waals surface area contributed by atoms with Crippen LogP contribution in [0, 0.1) is 5.41 Å². The molecule has 1 N–H and O–H groups in total. The normalized spacial score (nSPS) is 25.3. The van der Waals surface area contributed by atoms with Crippen LogP contribution < -0.4 is 10.2 Å². The smallest absolute Gasteiger partial charge is 0.251 e. The zero-order chi connectivity index (χ0) is 26.0. The first kappa shape index (κ1) is 25.9. The summed E-state index contributed by atoms with van der Waals surface area (Å²) in [4.78, 5) is 48.2. The average molecular weight is 498 g/mol. The molecule has 2 amide bonds. The van der Waals surface area contributed by atoms with E-state index in [2.05, 4.69) is 32.2 Å². The number of amides is 2. The Kier molecular flexibility index (Phi) is 7.54. The second-order valence-electron chi connectivity index (χ2n) is 11.1. The van der Waals surface area contributed by atoms with E-state index in [9.17, 15) is 14.4 Å². The minimum absolute atomic E-state index is 0.0835. The summed E-state index contributed by atoms with van der Waals surface area (Å²) in [5, 5.41) is 6.65. The zero-order valence-corrected chi connectivity index (χ0v) is 21.4. The summed E-state index contributed by atoms with van der Waals surface area (Å²) in [6.45, 7) is 9.78. The molecule has 194 valence electrons. The van der Waals surface area contributed by atoms with Crippen molar-refractivity contribution in [3.63, 3.8) is 0 Å². The number of anilines is 1. The fourth-order valence-electron chi connectivity index (χ4n) is 5.17. The van der Waals surface area contributed by atoms with Crippen molar-refractivity contribution in [2.24, 2.45) is 10.5 Å². The molecular formula is C25H35N7O4. The summed E-state index contributed by atoms with van der Waals surface area (Å²) < 4.78 is 5.53. The van der Waals surface area contributed by atoms with Crippen molar-refractivity contribution in [1.82, 2.24) is 15.1 Å². The molecule has 3 aliphatic heterocycles. The third-order valence-corrected chi connectivity index (χ3v) is 7.06. The SMILES string of the molecule is CN1CCN(c2ccc(C(=O)N[C@@H](CC(C)(C)C)C(=O)N3C[C@H](N=[N+]=[N-])[C@H]4OCC(=O)[C@H]43)cc2)CC1. The molecule has 36 heavy (non-hydrogen) atoms. The summed E-state index contributed by atoms with van der Waals surface area (Å²) in [6, 6.07) is 5.15. The number of azide groups is 1. The van der Waals surface area contributed by atoms with E-state index in [1.165, 1.54) is 4.90 Å². The van der Waals surface area contributed by atoms with Crippen LogP contribution in [0.3, 0.4) is 0 Å². The standard InChI is InChI=1S/C25H35N7O4/c1-25(2,3)13-18(24(35)32-14-19(28-29-26)22-21(32)20(33)15-36-22)27-23(34)16-5-7-17(8-6-16)31-11-9-30(4)10-12-31/h5-8,18-19,21-22H,9-15H2,1-4H3,(H,27,34)/t18-,19-,21+,22+/m0/s1. The Hall–Kier alpha value is -3.14. The molecular weight excluding hydrogens is 462 g/mol. The van der Waals surface area contributed by atoms with E-state index in [1.807, 2.05) is 32.9 Å². The summed E-state index contributed by atoms with van der Waals surface area (Å²) >= 11 is 0. The summed E-state index contributed by atoms with van der Waals surface area (Å²) in [5.74, 6) is -0.931. The van der Waals surface area contributed by atoms with Crippen LogP contribution in [0.15, 0.2) is 29.4 Å². The van der Waals surface area contributed by atoms with Gasteiger partial charge < -0.3 is 24.8 Å². The number of Topliss-reactive ketones (excluding diaryl/α,β-unsaturated/α-hetero) is 1. The van der Waals surface area contributed by atoms with Gasteiger partial charge in [0.1, 0.15) is 18.7 Å². The van der Waals surface area contributed by atoms with Gasteiger partial charge >= 0.3 is 0 Å². The molecule has 0 bridgehead atoms. The lowest BCUT2D eigenvalue weighted by Gasteiger charge is -2.34. The van der Waals surface area contributed by atoms with Crippen LogP contribution in [-0.2, 0) is 14.3 Å². The molecule has 1 aromatic rings. The zero-order valence-electron chi connectivity index (χ0n) is 21.4. The Morgan fingerprint density at radius 2 is 1.86 bits per heavy atom. The van der Waals surface area contributed by atoms with E-state index >= 15 is 0 Å². The molecule has 1 aromatic carbocycles. The van der Waals surface area contributed by atoms with Gasteiger partial charge in [-0.3, -0.25) is 14.4 Å². The van der Waals surface area contributed by atoms with Crippen molar-refractivity contribution in [3.05, 3.63) is 40.3 Å². The van der Waals surface area contributed by atoms with E-state index in [0.717, 1.165) is 31.9 Å². The maximum Gasteiger partial charge on any atom is 0.251 e. The second-order valence-corrected chi connectivity index (χ2v) is 11.1. The summed E-state index contributed by atoms with van der Waals surface area (Å²) in [5.41, 5.74) is 10.2. The molecule has 4 rings (SSSR count). The largest absolute Gasteiger partial charge is 0.369 e. The predicted molar refractivity (Wildman–Crippen MR) is 135 cm³/mol. The molecule has 4 atom stereocenters. The number of likely N-dealkylation sites (tertiary alicyclic amines) is 1. The second kappa shape index (κ2) is 10.5. The lowest BCUT2D eigenvalue weighted by molar-refractivity contribution is -0.138. The number of likely N-dealkylation sites (N-methyl/N-ethyl adjacent to an activating group) is 1. The van der Waals surface area contributed by atoms with Gasteiger partial charge in [0.25, 0.3) is 5.91 Å². The van der Waals surface area contributed by atoms with Crippen LogP contribution in [0.25, 0.3) is 10.4 Å². The van der Waals surface area contributed by atoms with Gasteiger partial charge in [-0.05, 0) is 48.7 Å². The third kappa shape index (κ3) is 5.64. The average Bonchev–Trinajstić information content (AvgIpc) is 3.39. The van der Waals surface area contributed by atoms with Gasteiger partial charge in [-0.25, -0.2) is 0 Å². The first-order valence-electron chi connectivity index (χ1n) is 12.4. The van der Waals surface area contributed by atoms with Crippen LogP contribution >= 0.6 is 0 Å². The van der Waals surface area contributed by atoms with Crippen LogP contribution in [0.1, 0.15) is 37.6 Å². The highest BCUT2D eigenvalue weighted by atomic mass is 16.5. The predicted octanol–water partition coefficient (Wildman–Crippen LogP) is 1.83. The van der Waals surface area contributed by atoms with Gasteiger partial charge in [0.15, 0.2) is 5.78 Å². The van der Waals surface area contributed by atoms with Crippen molar-refractivity contribution in [2.45, 2.75) is 51.4 Å². The van der Waals surface area contributed by atoms with E-state index in [1.54, 1.807) is 12.1 Å². The van der Waals surface area contributed by atoms with Crippen molar-refractivity contribution in [1.29, 1.82) is 0 Å². The van der Waals surface area contributed by atoms with E-state index in [-0.39, 0.29) is 36.2 Å². The fourth-order valence-corrected chi connectivity index (χ4v) is 5.17. The number of hydrogen-bond acceptors (Lipinski definition) is 7. The highest BCUT2D eigenvalue weighted by molar-refractivity contribution is 5.99. The molecule has 3 saturated heterocycles. The van der Waals surface area contributed by atoms with Crippen LogP contribution in [0.2, 0.25) is 0 Å². The van der Waals surface area contributed by atoms with Crippen molar-refractivity contribution in [2.75, 3.05) is 51.3 Å². The maximum atomic E-state index is 13.7. The molecule has 3 aliphatic rings. The number of nitrogens with one attached hydrogen (secondary N) is 1. The number of ketones is 1. The van der Waals surface area contributed by atoms with Gasteiger partial charge in [0, 0.05) is 48.9 Å². The minimum atomic E-state index is -0.839. The molecule has 11 nitrogen and oxygen atoms in total. The number of hydrogen-bond donors (Lipinski definition) is 1. The quantitative estimate of drug-likeness (QED) is 0.362. The Morgan fingerprint density at radius 1 is 1.19 bits per heavy atom. The number of piperazine rings is 1. The molecule has 0 spiro atoms. The van der Waals surface area contributed by atoms with Gasteiger partial charge in [-0.2, -0.15) is 0 Å². The molecule has 0 unspecified atom stereocenters. The first-order valence-corrected chi connectivity index (χ1v) is 12.4. The van der Waals surface area contributed by atoms with Gasteiger partial charge in [-0.1, -0.05) is 25.9 Å². The molecule has 3 heterocycles. The number of benzene rings is 1. The number of fused-ring (bicyclic) bond motifs is 1. The number of carbonyl (C=O) groups excluding carboxylic acids is 3. The van der Waals surface area contributed by atoms with E-state index < -0.39 is 24.2 Å². The summed E-state index contributed by atoms with van der Waals surface area (Å²) in [6.07, 6.45) is -0.267. The molecule has 3 fully saturated rings. The molecule has 11 heteroatoms. The number of ether oxygens (including phenoxy) is 1. The third-order valence-electron chi connectivity index (χ3n) is 7.06. The molecule has 0 saturated carbocycles. The Morgan fingerprint density at radius 3 is 2.47 bits per heavy atom. The summed E-state index contributed by atoms with van der Waals surface area (Å²) in [7, 11) is 2.11. The van der Waals surface area contributed by atoms with Crippen molar-refractivity contribution < 1.29 is 19.1 Å². The molecule has 0 radical (unpaired) electrons. The Balaban J connectivity index is 1.49. The van der Waals surface area contributed by atoms with Crippen molar-refractivity contribution in [3.8, 4) is 0 Å². The van der Waals surface area contributed by atoms with E-state index in [4.69, 9.17) is 10.3 Å². The maximum absolute atomic E-state index is 13.7. The van der Waals surface area contributed by atoms with Gasteiger partial charge in [-0.15, -0.1) is 0 Å².